The Balaban J connectivity index is 1.90. The van der Waals surface area contributed by atoms with Crippen molar-refractivity contribution in [2.75, 3.05) is 5.75 Å². The highest BCUT2D eigenvalue weighted by Gasteiger charge is 2.32. The first kappa shape index (κ1) is 19.5. The van der Waals surface area contributed by atoms with Gasteiger partial charge in [-0.2, -0.15) is 5.10 Å². The Bertz CT molecular complexity index is 955. The van der Waals surface area contributed by atoms with Crippen LogP contribution in [-0.2, 0) is 16.4 Å². The maximum atomic E-state index is 13.5. The summed E-state index contributed by atoms with van der Waals surface area (Å²) in [6.45, 7) is 4.02. The second kappa shape index (κ2) is 7.38. The molecule has 1 aromatic carbocycles. The molecule has 1 atom stereocenters. The maximum Gasteiger partial charge on any atom is 0.280 e. The van der Waals surface area contributed by atoms with Gasteiger partial charge in [0.1, 0.15) is 5.69 Å². The lowest BCUT2D eigenvalue weighted by Crippen LogP contribution is -2.34. The summed E-state index contributed by atoms with van der Waals surface area (Å²) in [5.41, 5.74) is -0.125. The minimum absolute atomic E-state index is 0.0914. The third-order valence-corrected chi connectivity index (χ3v) is 6.29. The summed E-state index contributed by atoms with van der Waals surface area (Å²) in [6, 6.07) is 5.87. The number of hydrogen-bond acceptors (Lipinski definition) is 4. The summed E-state index contributed by atoms with van der Waals surface area (Å²) >= 11 is 0. The van der Waals surface area contributed by atoms with Gasteiger partial charge in [-0.3, -0.25) is 9.48 Å². The summed E-state index contributed by atoms with van der Waals surface area (Å²) in [5.74, 6) is -0.698. The highest BCUT2D eigenvalue weighted by Crippen LogP contribution is 2.32. The van der Waals surface area contributed by atoms with Crippen molar-refractivity contribution in [3.05, 3.63) is 47.3 Å². The number of alkyl halides is 2. The summed E-state index contributed by atoms with van der Waals surface area (Å²) in [7, 11) is -3.39. The Labute approximate surface area is 156 Å². The number of benzene rings is 1. The second-order valence-corrected chi connectivity index (χ2v) is 9.07. The van der Waals surface area contributed by atoms with Crippen LogP contribution < -0.4 is 5.32 Å². The fraction of sp³-hybridized carbons (Fsp3) is 0.444. The van der Waals surface area contributed by atoms with Gasteiger partial charge in [0.2, 0.25) is 0 Å². The minimum Gasteiger partial charge on any atom is -0.345 e. The number of amides is 1. The van der Waals surface area contributed by atoms with Gasteiger partial charge in [0.05, 0.1) is 28.5 Å². The third kappa shape index (κ3) is 3.87. The Morgan fingerprint density at radius 3 is 2.70 bits per heavy atom. The molecule has 0 radical (unpaired) electrons. The number of rotatable bonds is 5. The van der Waals surface area contributed by atoms with E-state index in [9.17, 15) is 22.0 Å². The molecule has 0 aliphatic carbocycles. The van der Waals surface area contributed by atoms with Crippen LogP contribution in [0.3, 0.4) is 0 Å². The zero-order valence-corrected chi connectivity index (χ0v) is 15.8. The van der Waals surface area contributed by atoms with Crippen molar-refractivity contribution in [2.24, 2.45) is 5.92 Å². The van der Waals surface area contributed by atoms with Crippen molar-refractivity contribution in [2.45, 2.75) is 44.2 Å². The summed E-state index contributed by atoms with van der Waals surface area (Å²) in [4.78, 5) is 12.8. The SMILES string of the molecule is CC(C)Cn1ncc(C(=O)NC2CCS(=O)(=O)c3ccccc32)c1C(F)F. The molecule has 6 nitrogen and oxygen atoms in total. The lowest BCUT2D eigenvalue weighted by atomic mass is 10.0. The van der Waals surface area contributed by atoms with Gasteiger partial charge >= 0.3 is 0 Å². The van der Waals surface area contributed by atoms with Gasteiger partial charge in [-0.15, -0.1) is 0 Å². The molecule has 9 heteroatoms. The summed E-state index contributed by atoms with van der Waals surface area (Å²) < 4.78 is 52.6. The van der Waals surface area contributed by atoms with E-state index in [0.717, 1.165) is 10.9 Å². The molecule has 0 saturated carbocycles. The lowest BCUT2D eigenvalue weighted by Gasteiger charge is -2.26. The number of carbonyl (C=O) groups is 1. The number of aromatic nitrogens is 2. The standard InChI is InChI=1S/C18H21F2N3O3S/c1-11(2)10-23-16(17(19)20)13(9-21-23)18(24)22-14-7-8-27(25,26)15-6-4-3-5-12(14)15/h3-6,9,11,14,17H,7-8,10H2,1-2H3,(H,22,24). The summed E-state index contributed by atoms with van der Waals surface area (Å²) in [6.07, 6.45) is -1.51. The van der Waals surface area contributed by atoms with E-state index in [1.807, 2.05) is 13.8 Å². The van der Waals surface area contributed by atoms with E-state index in [0.29, 0.717) is 5.56 Å². The quantitative estimate of drug-likeness (QED) is 0.841. The molecular weight excluding hydrogens is 376 g/mol. The molecule has 0 bridgehead atoms. The Morgan fingerprint density at radius 1 is 1.33 bits per heavy atom. The molecule has 0 saturated heterocycles. The maximum absolute atomic E-state index is 13.5. The van der Waals surface area contributed by atoms with Crippen molar-refractivity contribution < 1.29 is 22.0 Å². The van der Waals surface area contributed by atoms with E-state index >= 15 is 0 Å². The predicted octanol–water partition coefficient (Wildman–Crippen LogP) is 3.13. The van der Waals surface area contributed by atoms with Crippen LogP contribution in [-0.4, -0.2) is 29.9 Å². The molecule has 0 fully saturated rings. The number of fused-ring (bicyclic) bond motifs is 1. The van der Waals surface area contributed by atoms with E-state index < -0.39 is 33.9 Å². The number of hydrogen-bond donors (Lipinski definition) is 1. The first-order chi connectivity index (χ1) is 12.7. The second-order valence-electron chi connectivity index (χ2n) is 6.99. The van der Waals surface area contributed by atoms with Crippen LogP contribution in [0.25, 0.3) is 0 Å². The van der Waals surface area contributed by atoms with Gasteiger partial charge < -0.3 is 5.32 Å². The van der Waals surface area contributed by atoms with Crippen molar-refractivity contribution in [3.63, 3.8) is 0 Å². The molecule has 27 heavy (non-hydrogen) atoms. The smallest absolute Gasteiger partial charge is 0.280 e. The molecule has 2 heterocycles. The van der Waals surface area contributed by atoms with Crippen molar-refractivity contribution >= 4 is 15.7 Å². The molecule has 2 aromatic rings. The van der Waals surface area contributed by atoms with Crippen LogP contribution in [0.2, 0.25) is 0 Å². The molecule has 146 valence electrons. The molecule has 3 rings (SSSR count). The van der Waals surface area contributed by atoms with Crippen LogP contribution in [0.4, 0.5) is 8.78 Å². The minimum atomic E-state index is -3.39. The van der Waals surface area contributed by atoms with Gasteiger partial charge in [-0.25, -0.2) is 17.2 Å². The third-order valence-electron chi connectivity index (χ3n) is 4.48. The molecule has 1 amide bonds. The van der Waals surface area contributed by atoms with E-state index in [-0.39, 0.29) is 35.1 Å². The van der Waals surface area contributed by atoms with Crippen molar-refractivity contribution in [1.29, 1.82) is 0 Å². The highest BCUT2D eigenvalue weighted by molar-refractivity contribution is 7.91. The highest BCUT2D eigenvalue weighted by atomic mass is 32.2. The predicted molar refractivity (Wildman–Crippen MR) is 95.3 cm³/mol. The fourth-order valence-electron chi connectivity index (χ4n) is 3.27. The average molecular weight is 397 g/mol. The number of nitrogens with zero attached hydrogens (tertiary/aromatic N) is 2. The molecule has 1 unspecified atom stereocenters. The Kier molecular flexibility index (Phi) is 5.32. The monoisotopic (exact) mass is 397 g/mol. The van der Waals surface area contributed by atoms with E-state index in [2.05, 4.69) is 10.4 Å². The number of carbonyl (C=O) groups excluding carboxylic acids is 1. The van der Waals surface area contributed by atoms with Crippen LogP contribution in [0, 0.1) is 5.92 Å². The molecule has 1 aromatic heterocycles. The van der Waals surface area contributed by atoms with Crippen molar-refractivity contribution in [3.8, 4) is 0 Å². The molecule has 1 N–H and O–H groups in total. The van der Waals surface area contributed by atoms with Gasteiger partial charge in [-0.05, 0) is 24.0 Å². The van der Waals surface area contributed by atoms with E-state index in [4.69, 9.17) is 0 Å². The first-order valence-corrected chi connectivity index (χ1v) is 10.3. The Hall–Kier alpha value is -2.29. The number of sulfone groups is 1. The van der Waals surface area contributed by atoms with E-state index in [1.54, 1.807) is 18.2 Å². The zero-order valence-electron chi connectivity index (χ0n) is 15.0. The molecule has 1 aliphatic rings. The largest absolute Gasteiger partial charge is 0.345 e. The lowest BCUT2D eigenvalue weighted by molar-refractivity contribution is 0.0916. The van der Waals surface area contributed by atoms with Crippen LogP contribution in [0.15, 0.2) is 35.4 Å². The van der Waals surface area contributed by atoms with Gasteiger partial charge in [0, 0.05) is 6.54 Å². The normalized spacial score (nSPS) is 18.5. The average Bonchev–Trinajstić information content (AvgIpc) is 3.01. The molecule has 1 aliphatic heterocycles. The summed E-state index contributed by atoms with van der Waals surface area (Å²) in [5, 5.41) is 6.64. The zero-order chi connectivity index (χ0) is 19.8. The number of nitrogens with one attached hydrogen (secondary N) is 1. The van der Waals surface area contributed by atoms with Gasteiger partial charge in [0.15, 0.2) is 9.84 Å². The van der Waals surface area contributed by atoms with Gasteiger partial charge in [-0.1, -0.05) is 32.0 Å². The number of halogens is 2. The van der Waals surface area contributed by atoms with E-state index in [1.165, 1.54) is 6.07 Å². The molecule has 0 spiro atoms. The topological polar surface area (TPSA) is 81.1 Å². The fourth-order valence-corrected chi connectivity index (χ4v) is 4.89. The van der Waals surface area contributed by atoms with Crippen LogP contribution >= 0.6 is 0 Å². The van der Waals surface area contributed by atoms with Crippen molar-refractivity contribution in [1.82, 2.24) is 15.1 Å². The first-order valence-electron chi connectivity index (χ1n) is 8.67. The van der Waals surface area contributed by atoms with Gasteiger partial charge in [0.25, 0.3) is 12.3 Å². The Morgan fingerprint density at radius 2 is 2.04 bits per heavy atom. The molecular formula is C18H21F2N3O3S. The van der Waals surface area contributed by atoms with Crippen LogP contribution in [0.5, 0.6) is 0 Å². The van der Waals surface area contributed by atoms with Crippen LogP contribution in [0.1, 0.15) is 54.4 Å².